The summed E-state index contributed by atoms with van der Waals surface area (Å²) < 4.78 is 11.3. The van der Waals surface area contributed by atoms with Crippen molar-refractivity contribution in [1.82, 2.24) is 5.43 Å². The van der Waals surface area contributed by atoms with Crippen molar-refractivity contribution >= 4 is 46.9 Å². The Labute approximate surface area is 219 Å². The van der Waals surface area contributed by atoms with Gasteiger partial charge in [-0.25, -0.2) is 5.43 Å². The number of hydrogen-bond donors (Lipinski definition) is 3. The van der Waals surface area contributed by atoms with Gasteiger partial charge in [-0.2, -0.15) is 5.10 Å². The molecule has 3 rings (SSSR count). The summed E-state index contributed by atoms with van der Waals surface area (Å²) in [6, 6.07) is 19.0. The van der Waals surface area contributed by atoms with Crippen LogP contribution in [0.2, 0.25) is 5.02 Å². The molecule has 3 amide bonds. The molecular formula is C27H27ClN4O5. The summed E-state index contributed by atoms with van der Waals surface area (Å²) in [5.41, 5.74) is 4.99. The van der Waals surface area contributed by atoms with Crippen molar-refractivity contribution in [2.75, 3.05) is 23.8 Å². The fraction of sp³-hybridized carbons (Fsp3) is 0.185. The minimum absolute atomic E-state index is 0.208. The standard InChI is InChI=1S/C27H27ClN4O5/c1-3-18-8-11-21(12-9-18)30-25(33)17-37-23-13-10-19(14-24(23)36-4-2)16-29-32-27(35)26(34)31-22-7-5-6-20(28)15-22/h5-16H,3-4,17H2,1-2H3,(H,30,33)(H,31,34)(H,32,35)/b29-16-. The second-order valence-electron chi connectivity index (χ2n) is 7.69. The number of rotatable bonds is 10. The molecule has 0 bridgehead atoms. The molecule has 0 heterocycles. The van der Waals surface area contributed by atoms with Gasteiger partial charge < -0.3 is 20.1 Å². The van der Waals surface area contributed by atoms with Gasteiger partial charge in [0.05, 0.1) is 12.8 Å². The van der Waals surface area contributed by atoms with Gasteiger partial charge in [-0.05, 0) is 73.0 Å². The SMILES string of the molecule is CCOc1cc(/C=N\NC(=O)C(=O)Nc2cccc(Cl)c2)ccc1OCC(=O)Nc1ccc(CC)cc1. The molecule has 0 spiro atoms. The lowest BCUT2D eigenvalue weighted by atomic mass is 10.1. The van der Waals surface area contributed by atoms with E-state index in [4.69, 9.17) is 21.1 Å². The zero-order chi connectivity index (χ0) is 26.6. The first kappa shape index (κ1) is 27.2. The van der Waals surface area contributed by atoms with Crippen molar-refractivity contribution in [2.24, 2.45) is 5.10 Å². The number of nitrogens with zero attached hydrogens (tertiary/aromatic N) is 1. The van der Waals surface area contributed by atoms with Crippen LogP contribution in [0, 0.1) is 0 Å². The van der Waals surface area contributed by atoms with Crippen molar-refractivity contribution in [3.63, 3.8) is 0 Å². The fourth-order valence-electron chi connectivity index (χ4n) is 3.13. The van der Waals surface area contributed by atoms with Crippen LogP contribution in [0.1, 0.15) is 25.0 Å². The average molecular weight is 523 g/mol. The molecule has 0 aliphatic heterocycles. The normalized spacial score (nSPS) is 10.6. The van der Waals surface area contributed by atoms with Crippen LogP contribution in [-0.2, 0) is 20.8 Å². The third kappa shape index (κ3) is 8.66. The minimum atomic E-state index is -0.948. The van der Waals surface area contributed by atoms with Gasteiger partial charge in [-0.15, -0.1) is 0 Å². The Morgan fingerprint density at radius 3 is 2.35 bits per heavy atom. The van der Waals surface area contributed by atoms with Crippen LogP contribution in [-0.4, -0.2) is 37.1 Å². The van der Waals surface area contributed by atoms with Gasteiger partial charge in [0.1, 0.15) is 0 Å². The van der Waals surface area contributed by atoms with Crippen LogP contribution < -0.4 is 25.5 Å². The predicted molar refractivity (Wildman–Crippen MR) is 143 cm³/mol. The summed E-state index contributed by atoms with van der Waals surface area (Å²) in [4.78, 5) is 36.3. The fourth-order valence-corrected chi connectivity index (χ4v) is 3.32. The van der Waals surface area contributed by atoms with E-state index in [0.717, 1.165) is 6.42 Å². The van der Waals surface area contributed by atoms with Gasteiger partial charge >= 0.3 is 11.8 Å². The van der Waals surface area contributed by atoms with Crippen molar-refractivity contribution in [2.45, 2.75) is 20.3 Å². The van der Waals surface area contributed by atoms with Gasteiger partial charge in [0, 0.05) is 16.4 Å². The topological polar surface area (TPSA) is 118 Å². The summed E-state index contributed by atoms with van der Waals surface area (Å²) >= 11 is 5.87. The van der Waals surface area contributed by atoms with Crippen LogP contribution >= 0.6 is 11.6 Å². The number of hydrogen-bond acceptors (Lipinski definition) is 6. The number of aryl methyl sites for hydroxylation is 1. The first-order valence-electron chi connectivity index (χ1n) is 11.6. The van der Waals surface area contributed by atoms with E-state index in [1.54, 1.807) is 36.4 Å². The Morgan fingerprint density at radius 2 is 1.65 bits per heavy atom. The number of carbonyl (C=O) groups is 3. The number of hydrazone groups is 1. The van der Waals surface area contributed by atoms with E-state index >= 15 is 0 Å². The second-order valence-corrected chi connectivity index (χ2v) is 8.13. The van der Waals surface area contributed by atoms with Crippen molar-refractivity contribution in [1.29, 1.82) is 0 Å². The molecule has 3 aromatic carbocycles. The summed E-state index contributed by atoms with van der Waals surface area (Å²) in [5, 5.41) is 9.46. The predicted octanol–water partition coefficient (Wildman–Crippen LogP) is 4.41. The molecule has 0 unspecified atom stereocenters. The quantitative estimate of drug-likeness (QED) is 0.207. The Hall–Kier alpha value is -4.37. The average Bonchev–Trinajstić information content (AvgIpc) is 2.88. The highest BCUT2D eigenvalue weighted by Crippen LogP contribution is 2.28. The van der Waals surface area contributed by atoms with Crippen molar-refractivity contribution in [3.05, 3.63) is 82.9 Å². The Kier molecular flexibility index (Phi) is 10.0. The number of benzene rings is 3. The van der Waals surface area contributed by atoms with E-state index in [1.807, 2.05) is 31.2 Å². The molecule has 0 aliphatic carbocycles. The molecule has 0 aromatic heterocycles. The molecule has 0 saturated heterocycles. The van der Waals surface area contributed by atoms with Crippen LogP contribution in [0.3, 0.4) is 0 Å². The third-order valence-electron chi connectivity index (χ3n) is 4.94. The van der Waals surface area contributed by atoms with E-state index in [-0.39, 0.29) is 12.5 Å². The monoisotopic (exact) mass is 522 g/mol. The molecule has 0 aliphatic rings. The number of nitrogens with one attached hydrogen (secondary N) is 3. The Bertz CT molecular complexity index is 1280. The highest BCUT2D eigenvalue weighted by Gasteiger charge is 2.13. The molecule has 0 fully saturated rings. The van der Waals surface area contributed by atoms with Crippen molar-refractivity contribution in [3.8, 4) is 11.5 Å². The van der Waals surface area contributed by atoms with E-state index in [2.05, 4.69) is 28.1 Å². The molecule has 9 nitrogen and oxygen atoms in total. The number of amides is 3. The largest absolute Gasteiger partial charge is 0.490 e. The van der Waals surface area contributed by atoms with E-state index in [9.17, 15) is 14.4 Å². The molecule has 10 heteroatoms. The lowest BCUT2D eigenvalue weighted by Crippen LogP contribution is -2.32. The molecule has 0 radical (unpaired) electrons. The summed E-state index contributed by atoms with van der Waals surface area (Å²) in [5.74, 6) is -1.37. The van der Waals surface area contributed by atoms with Gasteiger partial charge in [-0.1, -0.05) is 36.7 Å². The first-order valence-corrected chi connectivity index (χ1v) is 11.9. The van der Waals surface area contributed by atoms with Crippen LogP contribution in [0.15, 0.2) is 71.8 Å². The maximum Gasteiger partial charge on any atom is 0.329 e. The lowest BCUT2D eigenvalue weighted by Gasteiger charge is -2.13. The summed E-state index contributed by atoms with van der Waals surface area (Å²) in [6.45, 7) is 4.04. The molecular weight excluding hydrogens is 496 g/mol. The Morgan fingerprint density at radius 1 is 0.865 bits per heavy atom. The molecule has 3 N–H and O–H groups in total. The number of halogens is 1. The second kappa shape index (κ2) is 13.6. The van der Waals surface area contributed by atoms with Gasteiger partial charge in [0.15, 0.2) is 18.1 Å². The van der Waals surface area contributed by atoms with Crippen LogP contribution in [0.4, 0.5) is 11.4 Å². The maximum atomic E-state index is 12.3. The molecule has 0 saturated carbocycles. The summed E-state index contributed by atoms with van der Waals surface area (Å²) in [6.07, 6.45) is 2.27. The zero-order valence-corrected chi connectivity index (χ0v) is 21.2. The van der Waals surface area contributed by atoms with E-state index in [0.29, 0.717) is 40.1 Å². The minimum Gasteiger partial charge on any atom is -0.490 e. The zero-order valence-electron chi connectivity index (χ0n) is 20.4. The molecule has 37 heavy (non-hydrogen) atoms. The highest BCUT2D eigenvalue weighted by atomic mass is 35.5. The van der Waals surface area contributed by atoms with E-state index in [1.165, 1.54) is 17.8 Å². The van der Waals surface area contributed by atoms with Gasteiger partial charge in [0.25, 0.3) is 5.91 Å². The van der Waals surface area contributed by atoms with Gasteiger partial charge in [0.2, 0.25) is 0 Å². The highest BCUT2D eigenvalue weighted by molar-refractivity contribution is 6.39. The number of carbonyl (C=O) groups excluding carboxylic acids is 3. The molecule has 0 atom stereocenters. The summed E-state index contributed by atoms with van der Waals surface area (Å²) in [7, 11) is 0. The third-order valence-corrected chi connectivity index (χ3v) is 5.18. The smallest absolute Gasteiger partial charge is 0.329 e. The Balaban J connectivity index is 1.54. The van der Waals surface area contributed by atoms with Crippen LogP contribution in [0.25, 0.3) is 0 Å². The maximum absolute atomic E-state index is 12.3. The lowest BCUT2D eigenvalue weighted by molar-refractivity contribution is -0.136. The number of anilines is 2. The number of ether oxygens (including phenoxy) is 2. The molecule has 192 valence electrons. The first-order chi connectivity index (χ1) is 17.9. The molecule has 3 aromatic rings. The van der Waals surface area contributed by atoms with Gasteiger partial charge in [-0.3, -0.25) is 14.4 Å². The van der Waals surface area contributed by atoms with E-state index < -0.39 is 11.8 Å². The van der Waals surface area contributed by atoms with Crippen molar-refractivity contribution < 1.29 is 23.9 Å². The van der Waals surface area contributed by atoms with Crippen LogP contribution in [0.5, 0.6) is 11.5 Å².